The van der Waals surface area contributed by atoms with E-state index in [4.69, 9.17) is 0 Å². The van der Waals surface area contributed by atoms with Crippen molar-refractivity contribution in [1.29, 1.82) is 0 Å². The molecule has 0 aromatic heterocycles. The molecule has 2 bridgehead atoms. The van der Waals surface area contributed by atoms with Crippen molar-refractivity contribution in [2.75, 3.05) is 0 Å². The molecule has 2 aliphatic carbocycles. The Kier molecular flexibility index (Phi) is 3.24. The van der Waals surface area contributed by atoms with Gasteiger partial charge in [0.1, 0.15) is 5.75 Å². The summed E-state index contributed by atoms with van der Waals surface area (Å²) in [5, 5.41) is 0. The van der Waals surface area contributed by atoms with Gasteiger partial charge in [-0.05, 0) is 71.4 Å². The summed E-state index contributed by atoms with van der Waals surface area (Å²) in [7, 11) is -5.60. The largest absolute Gasteiger partial charge is 0.534 e. The van der Waals surface area contributed by atoms with Gasteiger partial charge in [-0.2, -0.15) is 21.6 Å². The summed E-state index contributed by atoms with van der Waals surface area (Å²) in [5.41, 5.74) is -3.78. The third kappa shape index (κ3) is 2.11. The highest BCUT2D eigenvalue weighted by atomic mass is 127. The van der Waals surface area contributed by atoms with Gasteiger partial charge >= 0.3 is 15.6 Å². The third-order valence-corrected chi connectivity index (χ3v) is 5.83. The van der Waals surface area contributed by atoms with Crippen molar-refractivity contribution in [3.63, 3.8) is 0 Å². The predicted octanol–water partition coefficient (Wildman–Crippen LogP) is 3.88. The molecule has 3 rings (SSSR count). The first-order valence-corrected chi connectivity index (χ1v) is 8.52. The minimum atomic E-state index is -5.60. The van der Waals surface area contributed by atoms with Crippen LogP contribution in [0.2, 0.25) is 0 Å². The molecule has 1 fully saturated rings. The van der Waals surface area contributed by atoms with Crippen LogP contribution in [0.4, 0.5) is 13.2 Å². The molecule has 1 aromatic carbocycles. The van der Waals surface area contributed by atoms with Crippen LogP contribution in [0.15, 0.2) is 12.1 Å². The summed E-state index contributed by atoms with van der Waals surface area (Å²) in [4.78, 5) is 0. The Morgan fingerprint density at radius 1 is 1.15 bits per heavy atom. The topological polar surface area (TPSA) is 43.4 Å². The van der Waals surface area contributed by atoms with Crippen LogP contribution in [-0.4, -0.2) is 13.9 Å². The molecule has 8 heteroatoms. The van der Waals surface area contributed by atoms with Gasteiger partial charge in [-0.1, -0.05) is 0 Å². The molecule has 1 saturated carbocycles. The second-order valence-electron chi connectivity index (χ2n) is 5.06. The number of fused-ring (bicyclic) bond motifs is 5. The molecular weight excluding hydrogens is 408 g/mol. The van der Waals surface area contributed by atoms with Gasteiger partial charge in [-0.25, -0.2) is 0 Å². The Hall–Kier alpha value is -0.510. The van der Waals surface area contributed by atoms with Gasteiger partial charge in [0, 0.05) is 9.13 Å². The van der Waals surface area contributed by atoms with E-state index in [2.05, 4.69) is 26.8 Å². The van der Waals surface area contributed by atoms with Gasteiger partial charge in [0.25, 0.3) is 0 Å². The van der Waals surface area contributed by atoms with Gasteiger partial charge in [-0.3, -0.25) is 0 Å². The lowest BCUT2D eigenvalue weighted by molar-refractivity contribution is -0.0500. The highest BCUT2D eigenvalue weighted by molar-refractivity contribution is 14.1. The summed E-state index contributed by atoms with van der Waals surface area (Å²) in [5.74, 6) is 0.270. The van der Waals surface area contributed by atoms with Gasteiger partial charge in [-0.15, -0.1) is 0 Å². The van der Waals surface area contributed by atoms with Crippen LogP contribution in [0.25, 0.3) is 0 Å². The van der Waals surface area contributed by atoms with Crippen LogP contribution in [-0.2, 0) is 10.1 Å². The lowest BCUT2D eigenvalue weighted by Gasteiger charge is -2.20. The van der Waals surface area contributed by atoms with E-state index in [1.165, 1.54) is 6.07 Å². The van der Waals surface area contributed by atoms with Crippen molar-refractivity contribution in [3.05, 3.63) is 26.8 Å². The molecule has 0 amide bonds. The molecule has 3 nitrogen and oxygen atoms in total. The normalized spacial score (nSPS) is 24.8. The second-order valence-corrected chi connectivity index (χ2v) is 7.76. The molecule has 2 atom stereocenters. The molecule has 1 aromatic rings. The first-order valence-electron chi connectivity index (χ1n) is 6.04. The smallest absolute Gasteiger partial charge is 0.376 e. The maximum atomic E-state index is 12.4. The molecule has 0 radical (unpaired) electrons. The average Bonchev–Trinajstić information content (AvgIpc) is 2.92. The monoisotopic (exact) mass is 418 g/mol. The molecule has 110 valence electrons. The van der Waals surface area contributed by atoms with Crippen molar-refractivity contribution in [2.24, 2.45) is 0 Å². The number of hydrogen-bond acceptors (Lipinski definition) is 3. The standard InChI is InChI=1S/C12H10F3IO3S/c13-12(14,15)20(17,18)19-9-4-3-8(16)10-6-1-2-7(5-6)11(9)10/h3-4,6-7H,1-2,5H2. The van der Waals surface area contributed by atoms with Crippen molar-refractivity contribution >= 4 is 32.7 Å². The first kappa shape index (κ1) is 14.4. The number of halogens is 4. The van der Waals surface area contributed by atoms with Crippen LogP contribution < -0.4 is 4.18 Å². The minimum absolute atomic E-state index is 0.114. The number of rotatable bonds is 2. The van der Waals surface area contributed by atoms with Crippen molar-refractivity contribution in [3.8, 4) is 5.75 Å². The highest BCUT2D eigenvalue weighted by Gasteiger charge is 2.50. The Morgan fingerprint density at radius 3 is 2.35 bits per heavy atom. The average molecular weight is 418 g/mol. The van der Waals surface area contributed by atoms with E-state index in [9.17, 15) is 21.6 Å². The van der Waals surface area contributed by atoms with Gasteiger partial charge in [0.2, 0.25) is 0 Å². The lowest BCUT2D eigenvalue weighted by atomic mass is 9.91. The predicted molar refractivity (Wildman–Crippen MR) is 74.1 cm³/mol. The van der Waals surface area contributed by atoms with E-state index in [1.807, 2.05) is 0 Å². The molecular formula is C12H10F3IO3S. The molecule has 20 heavy (non-hydrogen) atoms. The van der Waals surface area contributed by atoms with Crippen molar-refractivity contribution in [1.82, 2.24) is 0 Å². The molecule has 2 aliphatic rings. The summed E-state index contributed by atoms with van der Waals surface area (Å²) in [6.45, 7) is 0. The first-order chi connectivity index (χ1) is 9.21. The number of benzene rings is 1. The second kappa shape index (κ2) is 4.49. The fourth-order valence-electron chi connectivity index (χ4n) is 3.17. The summed E-state index contributed by atoms with van der Waals surface area (Å²) in [6.07, 6.45) is 2.75. The summed E-state index contributed by atoms with van der Waals surface area (Å²) in [6, 6.07) is 2.94. The van der Waals surface area contributed by atoms with E-state index < -0.39 is 15.6 Å². The van der Waals surface area contributed by atoms with Crippen LogP contribution in [0.5, 0.6) is 5.75 Å². The van der Waals surface area contributed by atoms with Gasteiger partial charge < -0.3 is 4.18 Å². The molecule has 0 spiro atoms. The highest BCUT2D eigenvalue weighted by Crippen LogP contribution is 2.57. The fraction of sp³-hybridized carbons (Fsp3) is 0.500. The quantitative estimate of drug-likeness (QED) is 0.416. The van der Waals surface area contributed by atoms with E-state index >= 15 is 0 Å². The van der Waals surface area contributed by atoms with E-state index in [0.717, 1.165) is 28.4 Å². The van der Waals surface area contributed by atoms with Crippen LogP contribution >= 0.6 is 22.6 Å². The van der Waals surface area contributed by atoms with Gasteiger partial charge in [0.05, 0.1) is 0 Å². The number of alkyl halides is 3. The zero-order valence-corrected chi connectivity index (χ0v) is 13.0. The van der Waals surface area contributed by atoms with Crippen LogP contribution in [0, 0.1) is 3.57 Å². The molecule has 0 aliphatic heterocycles. The zero-order chi connectivity index (χ0) is 14.7. The van der Waals surface area contributed by atoms with E-state index in [1.54, 1.807) is 6.07 Å². The molecule has 2 unspecified atom stereocenters. The summed E-state index contributed by atoms with van der Waals surface area (Å²) >= 11 is 2.13. The summed E-state index contributed by atoms with van der Waals surface area (Å²) < 4.78 is 64.9. The fourth-order valence-corrected chi connectivity index (χ4v) is 4.56. The molecule has 0 saturated heterocycles. The zero-order valence-electron chi connectivity index (χ0n) is 10.1. The molecule has 0 heterocycles. The third-order valence-electron chi connectivity index (χ3n) is 3.93. The lowest BCUT2D eigenvalue weighted by Crippen LogP contribution is -2.28. The van der Waals surface area contributed by atoms with Gasteiger partial charge in [0.15, 0.2) is 0 Å². The molecule has 0 N–H and O–H groups in total. The van der Waals surface area contributed by atoms with E-state index in [-0.39, 0.29) is 11.7 Å². The SMILES string of the molecule is O=S(=O)(Oc1ccc(I)c2c1C1CCC2C1)C(F)(F)F. The Bertz CT molecular complexity index is 669. The van der Waals surface area contributed by atoms with Crippen molar-refractivity contribution in [2.45, 2.75) is 36.6 Å². The minimum Gasteiger partial charge on any atom is -0.376 e. The van der Waals surface area contributed by atoms with E-state index in [0.29, 0.717) is 11.5 Å². The Morgan fingerprint density at radius 2 is 1.75 bits per heavy atom. The van der Waals surface area contributed by atoms with Crippen molar-refractivity contribution < 1.29 is 25.8 Å². The Balaban J connectivity index is 2.06. The van der Waals surface area contributed by atoms with Crippen LogP contribution in [0.3, 0.4) is 0 Å². The maximum Gasteiger partial charge on any atom is 0.534 e. The maximum absolute atomic E-state index is 12.4. The number of hydrogen-bond donors (Lipinski definition) is 0. The van der Waals surface area contributed by atoms with Crippen LogP contribution in [0.1, 0.15) is 42.2 Å². The Labute approximate surface area is 127 Å².